The minimum atomic E-state index is -0.292. The van der Waals surface area contributed by atoms with E-state index in [2.05, 4.69) is 5.32 Å². The molecule has 0 bridgehead atoms. The summed E-state index contributed by atoms with van der Waals surface area (Å²) in [5.74, 6) is -0.157. The SMILES string of the molecule is Nc1cccc2c1CCCN2CC(=O)N1CCNC1=O. The standard InChI is InChI=1S/C14H18N4O2/c15-11-4-1-5-12-10(11)3-2-7-17(12)9-13(19)18-8-6-16-14(18)20/h1,4-5H,2-3,6-9,15H2,(H,16,20). The molecular formula is C14H18N4O2. The number of hydrogen-bond donors (Lipinski definition) is 2. The molecule has 3 rings (SSSR count). The van der Waals surface area contributed by atoms with Gasteiger partial charge in [-0.15, -0.1) is 0 Å². The zero-order valence-corrected chi connectivity index (χ0v) is 11.3. The molecule has 2 heterocycles. The predicted molar refractivity (Wildman–Crippen MR) is 76.5 cm³/mol. The van der Waals surface area contributed by atoms with Crippen LogP contribution in [0.5, 0.6) is 0 Å². The van der Waals surface area contributed by atoms with Crippen LogP contribution in [0.25, 0.3) is 0 Å². The number of hydrogen-bond acceptors (Lipinski definition) is 4. The first-order chi connectivity index (χ1) is 9.66. The zero-order chi connectivity index (χ0) is 14.1. The first-order valence-corrected chi connectivity index (χ1v) is 6.87. The van der Waals surface area contributed by atoms with Gasteiger partial charge in [0, 0.05) is 31.0 Å². The summed E-state index contributed by atoms with van der Waals surface area (Å²) in [4.78, 5) is 27.0. The van der Waals surface area contributed by atoms with E-state index in [0.717, 1.165) is 36.3 Å². The van der Waals surface area contributed by atoms with Crippen LogP contribution in [0, 0.1) is 0 Å². The summed E-state index contributed by atoms with van der Waals surface area (Å²) in [6.45, 7) is 2.03. The monoisotopic (exact) mass is 274 g/mol. The number of nitrogens with zero attached hydrogens (tertiary/aromatic N) is 2. The van der Waals surface area contributed by atoms with Crippen LogP contribution in [0.4, 0.5) is 16.2 Å². The molecule has 1 fully saturated rings. The van der Waals surface area contributed by atoms with Crippen LogP contribution >= 0.6 is 0 Å². The molecule has 0 aromatic heterocycles. The summed E-state index contributed by atoms with van der Waals surface area (Å²) in [6.07, 6.45) is 1.91. The number of benzene rings is 1. The van der Waals surface area contributed by atoms with Gasteiger partial charge >= 0.3 is 6.03 Å². The highest BCUT2D eigenvalue weighted by molar-refractivity contribution is 5.98. The molecule has 0 saturated carbocycles. The van der Waals surface area contributed by atoms with E-state index in [0.29, 0.717) is 13.1 Å². The van der Waals surface area contributed by atoms with Crippen LogP contribution in [-0.2, 0) is 11.2 Å². The Hall–Kier alpha value is -2.24. The highest BCUT2D eigenvalue weighted by Crippen LogP contribution is 2.31. The van der Waals surface area contributed by atoms with Crippen LogP contribution in [0.2, 0.25) is 0 Å². The maximum atomic E-state index is 12.2. The molecule has 0 radical (unpaired) electrons. The molecule has 2 aliphatic rings. The van der Waals surface area contributed by atoms with Gasteiger partial charge < -0.3 is 16.0 Å². The number of carbonyl (C=O) groups is 2. The third-order valence-electron chi connectivity index (χ3n) is 3.87. The molecule has 3 amide bonds. The maximum Gasteiger partial charge on any atom is 0.324 e. The zero-order valence-electron chi connectivity index (χ0n) is 11.3. The number of amides is 3. The third-order valence-corrected chi connectivity index (χ3v) is 3.87. The van der Waals surface area contributed by atoms with E-state index in [9.17, 15) is 9.59 Å². The molecular weight excluding hydrogens is 256 g/mol. The predicted octanol–water partition coefficient (Wildman–Crippen LogP) is 0.573. The molecule has 1 aromatic rings. The molecule has 0 spiro atoms. The molecule has 0 atom stereocenters. The Balaban J connectivity index is 1.78. The summed E-state index contributed by atoms with van der Waals surface area (Å²) < 4.78 is 0. The smallest absolute Gasteiger partial charge is 0.324 e. The molecule has 1 aromatic carbocycles. The fourth-order valence-corrected chi connectivity index (χ4v) is 2.85. The maximum absolute atomic E-state index is 12.2. The van der Waals surface area contributed by atoms with Crippen LogP contribution in [-0.4, -0.2) is 43.0 Å². The Labute approximate surface area is 117 Å². The summed E-state index contributed by atoms with van der Waals surface area (Å²) in [7, 11) is 0. The number of carbonyl (C=O) groups excluding carboxylic acids is 2. The lowest BCUT2D eigenvalue weighted by atomic mass is 10.00. The summed E-state index contributed by atoms with van der Waals surface area (Å²) in [5.41, 5.74) is 8.90. The van der Waals surface area contributed by atoms with Crippen molar-refractivity contribution in [2.75, 3.05) is 36.8 Å². The highest BCUT2D eigenvalue weighted by atomic mass is 16.2. The van der Waals surface area contributed by atoms with Gasteiger partial charge in [-0.05, 0) is 30.5 Å². The average Bonchev–Trinajstić information content (AvgIpc) is 2.86. The fourth-order valence-electron chi connectivity index (χ4n) is 2.85. The second-order valence-corrected chi connectivity index (χ2v) is 5.15. The topological polar surface area (TPSA) is 78.7 Å². The van der Waals surface area contributed by atoms with Gasteiger partial charge in [0.2, 0.25) is 5.91 Å². The van der Waals surface area contributed by atoms with Crippen molar-refractivity contribution in [1.29, 1.82) is 0 Å². The lowest BCUT2D eigenvalue weighted by Crippen LogP contribution is -2.43. The average molecular weight is 274 g/mol. The molecule has 3 N–H and O–H groups in total. The molecule has 20 heavy (non-hydrogen) atoms. The van der Waals surface area contributed by atoms with E-state index in [1.807, 2.05) is 23.1 Å². The second-order valence-electron chi connectivity index (χ2n) is 5.15. The Morgan fingerprint density at radius 2 is 2.20 bits per heavy atom. The second kappa shape index (κ2) is 5.03. The Bertz CT molecular complexity index is 558. The Morgan fingerprint density at radius 1 is 1.35 bits per heavy atom. The van der Waals surface area contributed by atoms with Crippen molar-refractivity contribution in [2.45, 2.75) is 12.8 Å². The number of fused-ring (bicyclic) bond motifs is 1. The van der Waals surface area contributed by atoms with E-state index < -0.39 is 0 Å². The summed E-state index contributed by atoms with van der Waals surface area (Å²) in [5, 5.41) is 2.64. The van der Waals surface area contributed by atoms with E-state index in [-0.39, 0.29) is 18.5 Å². The van der Waals surface area contributed by atoms with Crippen molar-refractivity contribution in [3.05, 3.63) is 23.8 Å². The highest BCUT2D eigenvalue weighted by Gasteiger charge is 2.28. The normalized spacial score (nSPS) is 17.9. The van der Waals surface area contributed by atoms with E-state index in [1.165, 1.54) is 4.90 Å². The molecule has 6 heteroatoms. The van der Waals surface area contributed by atoms with Crippen molar-refractivity contribution in [1.82, 2.24) is 10.2 Å². The van der Waals surface area contributed by atoms with Gasteiger partial charge in [0.05, 0.1) is 6.54 Å². The molecule has 2 aliphatic heterocycles. The number of rotatable bonds is 2. The molecule has 106 valence electrons. The van der Waals surface area contributed by atoms with Gasteiger partial charge in [-0.25, -0.2) is 4.79 Å². The first-order valence-electron chi connectivity index (χ1n) is 6.87. The van der Waals surface area contributed by atoms with Crippen molar-refractivity contribution in [2.24, 2.45) is 0 Å². The Kier molecular flexibility index (Phi) is 3.22. The van der Waals surface area contributed by atoms with Gasteiger partial charge in [-0.2, -0.15) is 0 Å². The van der Waals surface area contributed by atoms with Crippen LogP contribution in [0.15, 0.2) is 18.2 Å². The van der Waals surface area contributed by atoms with Crippen molar-refractivity contribution in [3.8, 4) is 0 Å². The van der Waals surface area contributed by atoms with Crippen molar-refractivity contribution >= 4 is 23.3 Å². The minimum Gasteiger partial charge on any atom is -0.398 e. The number of nitrogens with one attached hydrogen (secondary N) is 1. The van der Waals surface area contributed by atoms with Crippen LogP contribution in [0.1, 0.15) is 12.0 Å². The largest absolute Gasteiger partial charge is 0.398 e. The van der Waals surface area contributed by atoms with Gasteiger partial charge in [0.15, 0.2) is 0 Å². The third kappa shape index (κ3) is 2.17. The van der Waals surface area contributed by atoms with Gasteiger partial charge in [-0.1, -0.05) is 6.07 Å². The van der Waals surface area contributed by atoms with E-state index >= 15 is 0 Å². The van der Waals surface area contributed by atoms with Crippen LogP contribution in [0.3, 0.4) is 0 Å². The van der Waals surface area contributed by atoms with Gasteiger partial charge in [0.25, 0.3) is 0 Å². The van der Waals surface area contributed by atoms with Crippen LogP contribution < -0.4 is 16.0 Å². The lowest BCUT2D eigenvalue weighted by molar-refractivity contribution is -0.126. The molecule has 1 saturated heterocycles. The van der Waals surface area contributed by atoms with Crippen molar-refractivity contribution < 1.29 is 9.59 Å². The molecule has 0 aliphatic carbocycles. The van der Waals surface area contributed by atoms with Gasteiger partial charge in [-0.3, -0.25) is 9.69 Å². The molecule has 6 nitrogen and oxygen atoms in total. The first kappa shape index (κ1) is 12.8. The summed E-state index contributed by atoms with van der Waals surface area (Å²) >= 11 is 0. The summed E-state index contributed by atoms with van der Waals surface area (Å²) in [6, 6.07) is 5.49. The van der Waals surface area contributed by atoms with E-state index in [4.69, 9.17) is 5.73 Å². The number of nitrogens with two attached hydrogens (primary N) is 1. The number of urea groups is 1. The Morgan fingerprint density at radius 3 is 2.95 bits per heavy atom. The lowest BCUT2D eigenvalue weighted by Gasteiger charge is -2.32. The fraction of sp³-hybridized carbons (Fsp3) is 0.429. The number of anilines is 2. The van der Waals surface area contributed by atoms with Gasteiger partial charge in [0.1, 0.15) is 0 Å². The van der Waals surface area contributed by atoms with Crippen molar-refractivity contribution in [3.63, 3.8) is 0 Å². The quantitative estimate of drug-likeness (QED) is 0.773. The number of imide groups is 1. The minimum absolute atomic E-state index is 0.157. The number of nitrogen functional groups attached to an aromatic ring is 1. The molecule has 0 unspecified atom stereocenters. The van der Waals surface area contributed by atoms with E-state index in [1.54, 1.807) is 0 Å².